The monoisotopic (exact) mass is 191 g/mol. The Kier molecular flexibility index (Phi) is 3.08. The van der Waals surface area contributed by atoms with Crippen LogP contribution in [0.5, 0.6) is 0 Å². The molecule has 1 aromatic rings. The molecule has 0 saturated carbocycles. The first-order chi connectivity index (χ1) is 6.67. The Labute approximate surface area is 81.1 Å². The molecule has 72 valence electrons. The average Bonchev–Trinajstić information content (AvgIpc) is 2.61. The van der Waals surface area contributed by atoms with Crippen molar-refractivity contribution in [1.29, 1.82) is 5.26 Å². The largest absolute Gasteiger partial charge is 0.477 e. The maximum atomic E-state index is 10.5. The quantitative estimate of drug-likeness (QED) is 0.584. The van der Waals surface area contributed by atoms with Crippen molar-refractivity contribution in [3.05, 3.63) is 29.2 Å². The molecule has 1 heterocycles. The molecule has 1 rings (SSSR count). The number of carboxylic acids is 1. The van der Waals surface area contributed by atoms with Crippen LogP contribution >= 0.6 is 0 Å². The predicted molar refractivity (Wildman–Crippen MR) is 49.3 cm³/mol. The van der Waals surface area contributed by atoms with E-state index in [1.165, 1.54) is 6.08 Å². The van der Waals surface area contributed by atoms with E-state index in [9.17, 15) is 4.79 Å². The van der Waals surface area contributed by atoms with E-state index >= 15 is 0 Å². The van der Waals surface area contributed by atoms with Gasteiger partial charge in [0, 0.05) is 12.5 Å². The van der Waals surface area contributed by atoms with Crippen molar-refractivity contribution in [3.8, 4) is 6.07 Å². The number of hydrogen-bond donors (Lipinski definition) is 1. The first-order valence-electron chi connectivity index (χ1n) is 4.11. The number of aliphatic carboxylic acids is 1. The number of hydrogen-bond acceptors (Lipinski definition) is 3. The van der Waals surface area contributed by atoms with Gasteiger partial charge in [-0.15, -0.1) is 0 Å². The van der Waals surface area contributed by atoms with Crippen molar-refractivity contribution in [3.63, 3.8) is 0 Å². The SMILES string of the molecule is CCc1ccc(C=C(C#N)C(=O)O)o1. The van der Waals surface area contributed by atoms with E-state index in [0.29, 0.717) is 5.76 Å². The van der Waals surface area contributed by atoms with Gasteiger partial charge in [-0.05, 0) is 12.1 Å². The van der Waals surface area contributed by atoms with E-state index in [1.807, 2.05) is 6.92 Å². The van der Waals surface area contributed by atoms with Gasteiger partial charge in [0.05, 0.1) is 0 Å². The second-order valence-electron chi connectivity index (χ2n) is 2.63. The minimum atomic E-state index is -1.25. The zero-order valence-corrected chi connectivity index (χ0v) is 7.65. The lowest BCUT2D eigenvalue weighted by Crippen LogP contribution is -1.96. The molecule has 0 aliphatic heterocycles. The number of carbonyl (C=O) groups is 1. The van der Waals surface area contributed by atoms with Gasteiger partial charge >= 0.3 is 5.97 Å². The van der Waals surface area contributed by atoms with E-state index in [2.05, 4.69) is 0 Å². The summed E-state index contributed by atoms with van der Waals surface area (Å²) in [7, 11) is 0. The number of nitrogens with zero attached hydrogens (tertiary/aromatic N) is 1. The fourth-order valence-electron chi connectivity index (χ4n) is 0.946. The average molecular weight is 191 g/mol. The molecule has 4 heteroatoms. The molecular weight excluding hydrogens is 182 g/mol. The topological polar surface area (TPSA) is 74.2 Å². The molecule has 14 heavy (non-hydrogen) atoms. The van der Waals surface area contributed by atoms with E-state index < -0.39 is 5.97 Å². The summed E-state index contributed by atoms with van der Waals surface area (Å²) in [6.45, 7) is 1.93. The molecule has 4 nitrogen and oxygen atoms in total. The maximum Gasteiger partial charge on any atom is 0.346 e. The zero-order chi connectivity index (χ0) is 10.6. The van der Waals surface area contributed by atoms with Gasteiger partial charge in [-0.3, -0.25) is 0 Å². The molecule has 1 N–H and O–H groups in total. The Bertz CT molecular complexity index is 409. The Morgan fingerprint density at radius 2 is 2.43 bits per heavy atom. The minimum absolute atomic E-state index is 0.331. The first-order valence-corrected chi connectivity index (χ1v) is 4.11. The van der Waals surface area contributed by atoms with Gasteiger partial charge in [-0.1, -0.05) is 6.92 Å². The van der Waals surface area contributed by atoms with E-state index in [-0.39, 0.29) is 5.57 Å². The summed E-state index contributed by atoms with van der Waals surface area (Å²) < 4.78 is 5.22. The number of furan rings is 1. The summed E-state index contributed by atoms with van der Waals surface area (Å²) in [4.78, 5) is 10.5. The Morgan fingerprint density at radius 1 is 1.71 bits per heavy atom. The van der Waals surface area contributed by atoms with Crippen LogP contribution < -0.4 is 0 Å². The summed E-state index contributed by atoms with van der Waals surface area (Å²) in [5.74, 6) is -0.0957. The normalized spacial score (nSPS) is 11.0. The molecule has 0 atom stereocenters. The highest BCUT2D eigenvalue weighted by Gasteiger charge is 2.07. The number of nitriles is 1. The van der Waals surface area contributed by atoms with Gasteiger partial charge in [0.15, 0.2) is 0 Å². The Morgan fingerprint density at radius 3 is 2.86 bits per heavy atom. The smallest absolute Gasteiger partial charge is 0.346 e. The predicted octanol–water partition coefficient (Wildman–Crippen LogP) is 1.83. The lowest BCUT2D eigenvalue weighted by molar-refractivity contribution is -0.132. The molecule has 0 aromatic carbocycles. The summed E-state index contributed by atoms with van der Waals surface area (Å²) >= 11 is 0. The lowest BCUT2D eigenvalue weighted by atomic mass is 10.2. The second kappa shape index (κ2) is 4.28. The highest BCUT2D eigenvalue weighted by molar-refractivity contribution is 5.96. The standard InChI is InChI=1S/C10H9NO3/c1-2-8-3-4-9(14-8)5-7(6-11)10(12)13/h3-5H,2H2,1H3,(H,12,13). The third-order valence-electron chi connectivity index (χ3n) is 1.67. The van der Waals surface area contributed by atoms with E-state index in [0.717, 1.165) is 12.2 Å². The van der Waals surface area contributed by atoms with Crippen LogP contribution in [-0.2, 0) is 11.2 Å². The molecule has 0 aliphatic rings. The summed E-state index contributed by atoms with van der Waals surface area (Å²) in [6.07, 6.45) is 1.95. The third-order valence-corrected chi connectivity index (χ3v) is 1.67. The third kappa shape index (κ3) is 2.23. The van der Waals surface area contributed by atoms with Crippen LogP contribution in [0.3, 0.4) is 0 Å². The number of carboxylic acid groups (broad SMARTS) is 1. The second-order valence-corrected chi connectivity index (χ2v) is 2.63. The molecule has 0 saturated heterocycles. The van der Waals surface area contributed by atoms with Gasteiger partial charge in [-0.25, -0.2) is 4.79 Å². The van der Waals surface area contributed by atoms with Gasteiger partial charge < -0.3 is 9.52 Å². The van der Waals surface area contributed by atoms with Crippen LogP contribution in [0.2, 0.25) is 0 Å². The van der Waals surface area contributed by atoms with Crippen LogP contribution in [0.25, 0.3) is 6.08 Å². The van der Waals surface area contributed by atoms with Crippen LogP contribution in [-0.4, -0.2) is 11.1 Å². The first kappa shape index (κ1) is 10.1. The highest BCUT2D eigenvalue weighted by atomic mass is 16.4. The van der Waals surface area contributed by atoms with Crippen molar-refractivity contribution in [2.24, 2.45) is 0 Å². The van der Waals surface area contributed by atoms with E-state index in [1.54, 1.807) is 18.2 Å². The molecular formula is C10H9NO3. The van der Waals surface area contributed by atoms with Crippen molar-refractivity contribution in [1.82, 2.24) is 0 Å². The molecule has 0 amide bonds. The van der Waals surface area contributed by atoms with Crippen LogP contribution in [0.4, 0.5) is 0 Å². The molecule has 0 aliphatic carbocycles. The summed E-state index contributed by atoms with van der Waals surface area (Å²) in [5, 5.41) is 17.0. The van der Waals surface area contributed by atoms with Crippen molar-refractivity contribution in [2.45, 2.75) is 13.3 Å². The van der Waals surface area contributed by atoms with Gasteiger partial charge in [0.25, 0.3) is 0 Å². The molecule has 0 fully saturated rings. The Balaban J connectivity index is 2.96. The van der Waals surface area contributed by atoms with Crippen LogP contribution in [0, 0.1) is 11.3 Å². The molecule has 0 bridgehead atoms. The van der Waals surface area contributed by atoms with Gasteiger partial charge in [0.1, 0.15) is 23.2 Å². The lowest BCUT2D eigenvalue weighted by Gasteiger charge is -1.89. The van der Waals surface area contributed by atoms with Gasteiger partial charge in [-0.2, -0.15) is 5.26 Å². The van der Waals surface area contributed by atoms with Crippen molar-refractivity contribution >= 4 is 12.0 Å². The van der Waals surface area contributed by atoms with Crippen LogP contribution in [0.15, 0.2) is 22.1 Å². The van der Waals surface area contributed by atoms with E-state index in [4.69, 9.17) is 14.8 Å². The minimum Gasteiger partial charge on any atom is -0.477 e. The summed E-state index contributed by atoms with van der Waals surface area (Å²) in [5.41, 5.74) is -0.331. The highest BCUT2D eigenvalue weighted by Crippen LogP contribution is 2.12. The van der Waals surface area contributed by atoms with Crippen molar-refractivity contribution < 1.29 is 14.3 Å². The number of aryl methyl sites for hydroxylation is 1. The fraction of sp³-hybridized carbons (Fsp3) is 0.200. The molecule has 1 aromatic heterocycles. The molecule has 0 unspecified atom stereocenters. The molecule has 0 spiro atoms. The molecule has 0 radical (unpaired) electrons. The Hall–Kier alpha value is -2.02. The van der Waals surface area contributed by atoms with Crippen molar-refractivity contribution in [2.75, 3.05) is 0 Å². The number of rotatable bonds is 3. The fourth-order valence-corrected chi connectivity index (χ4v) is 0.946. The maximum absolute atomic E-state index is 10.5. The van der Waals surface area contributed by atoms with Crippen LogP contribution in [0.1, 0.15) is 18.4 Å². The zero-order valence-electron chi connectivity index (χ0n) is 7.65. The summed E-state index contributed by atoms with van der Waals surface area (Å²) in [6, 6.07) is 4.97. The van der Waals surface area contributed by atoms with Gasteiger partial charge in [0.2, 0.25) is 0 Å².